The van der Waals surface area contributed by atoms with Crippen molar-refractivity contribution in [2.24, 2.45) is 0 Å². The molecule has 1 aromatic carbocycles. The quantitative estimate of drug-likeness (QED) is 0.766. The van der Waals surface area contributed by atoms with E-state index in [1.807, 2.05) is 32.2 Å². The smallest absolute Gasteiger partial charge is 0.141 e. The molecule has 1 aromatic rings. The maximum Gasteiger partial charge on any atom is 0.141 e. The predicted octanol–water partition coefficient (Wildman–Crippen LogP) is 2.77. The van der Waals surface area contributed by atoms with Gasteiger partial charge in [0.15, 0.2) is 0 Å². The first-order chi connectivity index (χ1) is 6.19. The molecule has 0 saturated carbocycles. The summed E-state index contributed by atoms with van der Waals surface area (Å²) < 4.78 is 5.18. The summed E-state index contributed by atoms with van der Waals surface area (Å²) in [6, 6.07) is 5.97. The van der Waals surface area contributed by atoms with Gasteiger partial charge in [-0.1, -0.05) is 18.2 Å². The second-order valence-corrected chi connectivity index (χ2v) is 2.95. The molecule has 0 unspecified atom stereocenters. The van der Waals surface area contributed by atoms with Gasteiger partial charge in [0, 0.05) is 7.05 Å². The molecule has 0 saturated heterocycles. The van der Waals surface area contributed by atoms with Gasteiger partial charge in [0.25, 0.3) is 0 Å². The van der Waals surface area contributed by atoms with E-state index in [0.717, 1.165) is 22.6 Å². The molecule has 0 amide bonds. The lowest BCUT2D eigenvalue weighted by Gasteiger charge is -2.09. The standard InChI is InChI=1S/C11H15NO/c1-8(2)9-5-6-11(13-4)10(7-9)12-3/h5-7,12H,1H2,2-4H3. The Labute approximate surface area is 79.2 Å². The van der Waals surface area contributed by atoms with Gasteiger partial charge in [0.1, 0.15) is 5.75 Å². The fourth-order valence-corrected chi connectivity index (χ4v) is 1.17. The van der Waals surface area contributed by atoms with Gasteiger partial charge < -0.3 is 10.1 Å². The van der Waals surface area contributed by atoms with Crippen LogP contribution in [0, 0.1) is 0 Å². The molecule has 0 aromatic heterocycles. The highest BCUT2D eigenvalue weighted by Gasteiger charge is 2.02. The molecular formula is C11H15NO. The van der Waals surface area contributed by atoms with E-state index < -0.39 is 0 Å². The number of hydrogen-bond donors (Lipinski definition) is 1. The summed E-state index contributed by atoms with van der Waals surface area (Å²) in [4.78, 5) is 0. The molecular weight excluding hydrogens is 162 g/mol. The van der Waals surface area contributed by atoms with Crippen LogP contribution in [0.2, 0.25) is 0 Å². The second-order valence-electron chi connectivity index (χ2n) is 2.95. The lowest BCUT2D eigenvalue weighted by atomic mass is 10.1. The Morgan fingerprint density at radius 3 is 2.62 bits per heavy atom. The summed E-state index contributed by atoms with van der Waals surface area (Å²) in [6.07, 6.45) is 0. The van der Waals surface area contributed by atoms with Gasteiger partial charge >= 0.3 is 0 Å². The van der Waals surface area contributed by atoms with Crippen LogP contribution in [-0.4, -0.2) is 14.2 Å². The molecule has 0 radical (unpaired) electrons. The van der Waals surface area contributed by atoms with Crippen LogP contribution >= 0.6 is 0 Å². The Balaban J connectivity index is 3.13. The fraction of sp³-hybridized carbons (Fsp3) is 0.273. The molecule has 0 bridgehead atoms. The van der Waals surface area contributed by atoms with Crippen LogP contribution in [0.3, 0.4) is 0 Å². The van der Waals surface area contributed by atoms with Gasteiger partial charge in [0.05, 0.1) is 12.8 Å². The zero-order valence-corrected chi connectivity index (χ0v) is 8.35. The highest BCUT2D eigenvalue weighted by Crippen LogP contribution is 2.27. The number of nitrogens with one attached hydrogen (secondary N) is 1. The number of anilines is 1. The monoisotopic (exact) mass is 177 g/mol. The number of benzene rings is 1. The van der Waals surface area contributed by atoms with Gasteiger partial charge in [-0.15, -0.1) is 0 Å². The van der Waals surface area contributed by atoms with E-state index in [-0.39, 0.29) is 0 Å². The van der Waals surface area contributed by atoms with E-state index in [0.29, 0.717) is 0 Å². The van der Waals surface area contributed by atoms with Crippen LogP contribution in [0.5, 0.6) is 5.75 Å². The lowest BCUT2D eigenvalue weighted by Crippen LogP contribution is -1.94. The third kappa shape index (κ3) is 2.02. The summed E-state index contributed by atoms with van der Waals surface area (Å²) in [5, 5.41) is 3.08. The SMILES string of the molecule is C=C(C)c1ccc(OC)c(NC)c1. The first-order valence-electron chi connectivity index (χ1n) is 4.20. The van der Waals surface area contributed by atoms with E-state index >= 15 is 0 Å². The number of allylic oxidation sites excluding steroid dienone is 1. The Bertz CT molecular complexity index is 318. The van der Waals surface area contributed by atoms with Crippen molar-refractivity contribution >= 4 is 11.3 Å². The molecule has 0 aliphatic heterocycles. The molecule has 13 heavy (non-hydrogen) atoms. The number of hydrogen-bond acceptors (Lipinski definition) is 2. The first-order valence-corrected chi connectivity index (χ1v) is 4.20. The van der Waals surface area contributed by atoms with Crippen LogP contribution in [-0.2, 0) is 0 Å². The van der Waals surface area contributed by atoms with Crippen LogP contribution in [0.25, 0.3) is 5.57 Å². The zero-order chi connectivity index (χ0) is 9.84. The Kier molecular flexibility index (Phi) is 2.96. The van der Waals surface area contributed by atoms with Crippen molar-refractivity contribution in [2.45, 2.75) is 6.92 Å². The minimum absolute atomic E-state index is 0.854. The molecule has 2 nitrogen and oxygen atoms in total. The molecule has 2 heteroatoms. The Morgan fingerprint density at radius 1 is 1.46 bits per heavy atom. The third-order valence-electron chi connectivity index (χ3n) is 1.96. The zero-order valence-electron chi connectivity index (χ0n) is 8.35. The number of rotatable bonds is 3. The van der Waals surface area contributed by atoms with Gasteiger partial charge in [-0.2, -0.15) is 0 Å². The van der Waals surface area contributed by atoms with E-state index in [4.69, 9.17) is 4.74 Å². The van der Waals surface area contributed by atoms with Gasteiger partial charge in [-0.25, -0.2) is 0 Å². The molecule has 0 spiro atoms. The highest BCUT2D eigenvalue weighted by atomic mass is 16.5. The average Bonchev–Trinajstić information content (AvgIpc) is 2.16. The predicted molar refractivity (Wildman–Crippen MR) is 57.2 cm³/mol. The molecule has 0 atom stereocenters. The summed E-state index contributed by atoms with van der Waals surface area (Å²) in [5.41, 5.74) is 3.17. The van der Waals surface area contributed by atoms with Crippen molar-refractivity contribution in [1.82, 2.24) is 0 Å². The maximum absolute atomic E-state index is 5.18. The van der Waals surface area contributed by atoms with Crippen LogP contribution in [0.4, 0.5) is 5.69 Å². The fourth-order valence-electron chi connectivity index (χ4n) is 1.17. The van der Waals surface area contributed by atoms with Gasteiger partial charge in [0.2, 0.25) is 0 Å². The highest BCUT2D eigenvalue weighted by molar-refractivity contribution is 5.69. The normalized spacial score (nSPS) is 9.46. The topological polar surface area (TPSA) is 21.3 Å². The van der Waals surface area contributed by atoms with Crippen molar-refractivity contribution in [2.75, 3.05) is 19.5 Å². The van der Waals surface area contributed by atoms with Crippen LogP contribution in [0.15, 0.2) is 24.8 Å². The summed E-state index contributed by atoms with van der Waals surface area (Å²) in [6.45, 7) is 5.88. The van der Waals surface area contributed by atoms with E-state index in [9.17, 15) is 0 Å². The van der Waals surface area contributed by atoms with E-state index in [1.165, 1.54) is 0 Å². The molecule has 1 N–H and O–H groups in total. The first kappa shape index (κ1) is 9.65. The molecule has 1 rings (SSSR count). The minimum Gasteiger partial charge on any atom is -0.495 e. The third-order valence-corrected chi connectivity index (χ3v) is 1.96. The summed E-state index contributed by atoms with van der Waals surface area (Å²) in [5.74, 6) is 0.854. The average molecular weight is 177 g/mol. The van der Waals surface area contributed by atoms with Crippen molar-refractivity contribution in [3.63, 3.8) is 0 Å². The number of methoxy groups -OCH3 is 1. The molecule has 0 aliphatic rings. The molecule has 0 fully saturated rings. The van der Waals surface area contributed by atoms with E-state index in [2.05, 4.69) is 11.9 Å². The minimum atomic E-state index is 0.854. The number of ether oxygens (including phenoxy) is 1. The largest absolute Gasteiger partial charge is 0.495 e. The maximum atomic E-state index is 5.18. The van der Waals surface area contributed by atoms with E-state index in [1.54, 1.807) is 7.11 Å². The molecule has 0 heterocycles. The van der Waals surface area contributed by atoms with Crippen molar-refractivity contribution in [3.8, 4) is 5.75 Å². The van der Waals surface area contributed by atoms with Gasteiger partial charge in [-0.3, -0.25) is 0 Å². The van der Waals surface area contributed by atoms with Crippen LogP contribution in [0.1, 0.15) is 12.5 Å². The van der Waals surface area contributed by atoms with Crippen LogP contribution < -0.4 is 10.1 Å². The summed E-state index contributed by atoms with van der Waals surface area (Å²) in [7, 11) is 3.54. The Hall–Kier alpha value is -1.44. The lowest BCUT2D eigenvalue weighted by molar-refractivity contribution is 0.416. The van der Waals surface area contributed by atoms with Crippen molar-refractivity contribution < 1.29 is 4.74 Å². The Morgan fingerprint density at radius 2 is 2.15 bits per heavy atom. The summed E-state index contributed by atoms with van der Waals surface area (Å²) >= 11 is 0. The van der Waals surface area contributed by atoms with Crippen molar-refractivity contribution in [1.29, 1.82) is 0 Å². The molecule has 0 aliphatic carbocycles. The molecule has 70 valence electrons. The second kappa shape index (κ2) is 3.99. The van der Waals surface area contributed by atoms with Crippen molar-refractivity contribution in [3.05, 3.63) is 30.3 Å². The van der Waals surface area contributed by atoms with Gasteiger partial charge in [-0.05, 0) is 24.6 Å².